The summed E-state index contributed by atoms with van der Waals surface area (Å²) in [6.07, 6.45) is 0.557. The molecular weight excluding hydrogens is 292 g/mol. The van der Waals surface area contributed by atoms with Crippen molar-refractivity contribution < 1.29 is 22.5 Å². The zero-order valence-electron chi connectivity index (χ0n) is 11.5. The molecule has 0 saturated heterocycles. The highest BCUT2D eigenvalue weighted by molar-refractivity contribution is 7.86. The van der Waals surface area contributed by atoms with E-state index in [2.05, 4.69) is 0 Å². The molecule has 0 unspecified atom stereocenters. The second-order valence-electron chi connectivity index (χ2n) is 4.53. The fourth-order valence-electron chi connectivity index (χ4n) is 2.04. The van der Waals surface area contributed by atoms with Gasteiger partial charge in [-0.3, -0.25) is 9.35 Å². The summed E-state index contributed by atoms with van der Waals surface area (Å²) >= 11 is 0. The van der Waals surface area contributed by atoms with E-state index in [1.165, 1.54) is 13.2 Å². The van der Waals surface area contributed by atoms with Crippen LogP contribution in [0, 0.1) is 6.92 Å². The minimum Gasteiger partial charge on any atom is -0.497 e. The van der Waals surface area contributed by atoms with Gasteiger partial charge in [0.2, 0.25) is 0 Å². The maximum Gasteiger partial charge on any atom is 0.295 e. The van der Waals surface area contributed by atoms with Gasteiger partial charge in [-0.1, -0.05) is 12.1 Å². The standard InChI is InChI=1S/C15H14O5S/c1-10-7-14(11-3-5-13(20-2)6-4-11)15(21(17,18)19)8-12(10)9-16/h3-9H,1-2H3,(H,17,18,19). The van der Waals surface area contributed by atoms with Gasteiger partial charge < -0.3 is 4.74 Å². The van der Waals surface area contributed by atoms with Crippen molar-refractivity contribution >= 4 is 16.4 Å². The Morgan fingerprint density at radius 1 is 1.14 bits per heavy atom. The molecule has 6 heteroatoms. The van der Waals surface area contributed by atoms with Crippen molar-refractivity contribution in [1.82, 2.24) is 0 Å². The molecule has 0 aromatic heterocycles. The van der Waals surface area contributed by atoms with Crippen molar-refractivity contribution in [2.45, 2.75) is 11.8 Å². The number of hydrogen-bond donors (Lipinski definition) is 1. The van der Waals surface area contributed by atoms with E-state index >= 15 is 0 Å². The van der Waals surface area contributed by atoms with Gasteiger partial charge in [0.25, 0.3) is 10.1 Å². The van der Waals surface area contributed by atoms with Crippen molar-refractivity contribution in [2.24, 2.45) is 0 Å². The number of methoxy groups -OCH3 is 1. The summed E-state index contributed by atoms with van der Waals surface area (Å²) in [5.74, 6) is 0.633. The van der Waals surface area contributed by atoms with Crippen molar-refractivity contribution in [1.29, 1.82) is 0 Å². The van der Waals surface area contributed by atoms with Crippen LogP contribution in [0.25, 0.3) is 11.1 Å². The van der Waals surface area contributed by atoms with Gasteiger partial charge in [-0.15, -0.1) is 0 Å². The fourth-order valence-corrected chi connectivity index (χ4v) is 2.77. The number of benzene rings is 2. The average Bonchev–Trinajstić information content (AvgIpc) is 2.46. The number of carbonyl (C=O) groups excluding carboxylic acids is 1. The highest BCUT2D eigenvalue weighted by atomic mass is 32.2. The molecule has 2 aromatic carbocycles. The molecule has 0 spiro atoms. The van der Waals surface area contributed by atoms with Gasteiger partial charge in [0, 0.05) is 11.1 Å². The maximum absolute atomic E-state index is 11.5. The Hall–Kier alpha value is -2.18. The van der Waals surface area contributed by atoms with Crippen LogP contribution in [0.1, 0.15) is 15.9 Å². The summed E-state index contributed by atoms with van der Waals surface area (Å²) in [4.78, 5) is 10.7. The predicted molar refractivity (Wildman–Crippen MR) is 78.4 cm³/mol. The minimum atomic E-state index is -4.44. The van der Waals surface area contributed by atoms with Crippen LogP contribution in [-0.2, 0) is 10.1 Å². The lowest BCUT2D eigenvalue weighted by atomic mass is 10.00. The molecule has 0 fully saturated rings. The van der Waals surface area contributed by atoms with Gasteiger partial charge >= 0.3 is 0 Å². The first kappa shape index (κ1) is 15.2. The predicted octanol–water partition coefficient (Wildman–Crippen LogP) is 2.73. The third kappa shape index (κ3) is 3.12. The van der Waals surface area contributed by atoms with Gasteiger partial charge in [0.05, 0.1) is 7.11 Å². The summed E-state index contributed by atoms with van der Waals surface area (Å²) in [6.45, 7) is 1.70. The molecule has 0 atom stereocenters. The SMILES string of the molecule is COc1ccc(-c2cc(C)c(C=O)cc2S(=O)(=O)O)cc1. The molecular formula is C15H14O5S. The molecule has 2 rings (SSSR count). The number of ether oxygens (including phenoxy) is 1. The van der Waals surface area contributed by atoms with Crippen LogP contribution in [0.3, 0.4) is 0 Å². The highest BCUT2D eigenvalue weighted by Gasteiger charge is 2.19. The molecule has 0 aliphatic heterocycles. The smallest absolute Gasteiger partial charge is 0.295 e. The Balaban J connectivity index is 2.71. The molecule has 0 aliphatic rings. The van der Waals surface area contributed by atoms with Crippen molar-refractivity contribution in [2.75, 3.05) is 7.11 Å². The molecule has 0 radical (unpaired) electrons. The third-order valence-corrected chi connectivity index (χ3v) is 4.07. The fraction of sp³-hybridized carbons (Fsp3) is 0.133. The van der Waals surface area contributed by atoms with E-state index in [-0.39, 0.29) is 10.5 Å². The first-order valence-corrected chi connectivity index (χ1v) is 7.52. The van der Waals surface area contributed by atoms with Crippen LogP contribution in [0.5, 0.6) is 5.75 Å². The highest BCUT2D eigenvalue weighted by Crippen LogP contribution is 2.31. The number of rotatable bonds is 4. The van der Waals surface area contributed by atoms with Crippen LogP contribution in [0.2, 0.25) is 0 Å². The van der Waals surface area contributed by atoms with Gasteiger partial charge in [0.15, 0.2) is 0 Å². The summed E-state index contributed by atoms with van der Waals surface area (Å²) in [7, 11) is -2.91. The second kappa shape index (κ2) is 5.67. The topological polar surface area (TPSA) is 80.7 Å². The van der Waals surface area contributed by atoms with Gasteiger partial charge in [-0.2, -0.15) is 8.42 Å². The van der Waals surface area contributed by atoms with E-state index in [0.29, 0.717) is 28.7 Å². The van der Waals surface area contributed by atoms with Crippen molar-refractivity contribution in [3.05, 3.63) is 47.5 Å². The van der Waals surface area contributed by atoms with Crippen LogP contribution < -0.4 is 4.74 Å². The molecule has 0 amide bonds. The Morgan fingerprint density at radius 2 is 1.76 bits per heavy atom. The lowest BCUT2D eigenvalue weighted by molar-refractivity contribution is 0.112. The van der Waals surface area contributed by atoms with E-state index < -0.39 is 10.1 Å². The van der Waals surface area contributed by atoms with Crippen LogP contribution in [-0.4, -0.2) is 26.4 Å². The van der Waals surface area contributed by atoms with Gasteiger partial charge in [0.1, 0.15) is 16.9 Å². The molecule has 0 aliphatic carbocycles. The van der Waals surface area contributed by atoms with Gasteiger partial charge in [-0.25, -0.2) is 0 Å². The molecule has 21 heavy (non-hydrogen) atoms. The van der Waals surface area contributed by atoms with E-state index in [1.54, 1.807) is 37.3 Å². The summed E-state index contributed by atoms with van der Waals surface area (Å²) in [5, 5.41) is 0. The minimum absolute atomic E-state index is 0.222. The number of hydrogen-bond acceptors (Lipinski definition) is 4. The summed E-state index contributed by atoms with van der Waals surface area (Å²) in [5.41, 5.74) is 1.79. The van der Waals surface area contributed by atoms with E-state index in [9.17, 15) is 17.8 Å². The lowest BCUT2D eigenvalue weighted by Crippen LogP contribution is -2.03. The third-order valence-electron chi connectivity index (χ3n) is 3.17. The molecule has 5 nitrogen and oxygen atoms in total. The number of carbonyl (C=O) groups is 1. The zero-order valence-corrected chi connectivity index (χ0v) is 12.3. The van der Waals surface area contributed by atoms with Crippen LogP contribution in [0.4, 0.5) is 0 Å². The van der Waals surface area contributed by atoms with Crippen LogP contribution >= 0.6 is 0 Å². The van der Waals surface area contributed by atoms with Crippen molar-refractivity contribution in [3.63, 3.8) is 0 Å². The largest absolute Gasteiger partial charge is 0.497 e. The first-order chi connectivity index (χ1) is 9.86. The first-order valence-electron chi connectivity index (χ1n) is 6.08. The molecule has 2 aromatic rings. The maximum atomic E-state index is 11.5. The Morgan fingerprint density at radius 3 is 2.24 bits per heavy atom. The number of aryl methyl sites for hydroxylation is 1. The Kier molecular flexibility index (Phi) is 4.11. The quantitative estimate of drug-likeness (QED) is 0.694. The normalized spacial score (nSPS) is 11.2. The monoisotopic (exact) mass is 306 g/mol. The Labute approximate surface area is 122 Å². The average molecular weight is 306 g/mol. The van der Waals surface area contributed by atoms with Gasteiger partial charge in [-0.05, 0) is 42.3 Å². The summed E-state index contributed by atoms with van der Waals surface area (Å²) < 4.78 is 37.5. The zero-order chi connectivity index (χ0) is 15.6. The van der Waals surface area contributed by atoms with E-state index in [4.69, 9.17) is 4.74 Å². The molecule has 110 valence electrons. The molecule has 0 saturated carbocycles. The second-order valence-corrected chi connectivity index (χ2v) is 5.92. The van der Waals surface area contributed by atoms with E-state index in [0.717, 1.165) is 0 Å². The Bertz CT molecular complexity index is 776. The molecule has 0 heterocycles. The van der Waals surface area contributed by atoms with E-state index in [1.807, 2.05) is 0 Å². The van der Waals surface area contributed by atoms with Crippen molar-refractivity contribution in [3.8, 4) is 16.9 Å². The summed E-state index contributed by atoms with van der Waals surface area (Å²) in [6, 6.07) is 9.48. The molecule has 0 bridgehead atoms. The molecule has 1 N–H and O–H groups in total. The number of aldehydes is 1. The van der Waals surface area contributed by atoms with Crippen LogP contribution in [0.15, 0.2) is 41.3 Å². The lowest BCUT2D eigenvalue weighted by Gasteiger charge is -2.11.